The number of thiophene rings is 1. The average molecular weight is 694 g/mol. The van der Waals surface area contributed by atoms with Crippen LogP contribution in [0.25, 0.3) is 85.9 Å². The fraction of sp³-hybridized carbons (Fsp3) is 0. The molecule has 9 aromatic carbocycles. The predicted octanol–water partition coefficient (Wildman–Crippen LogP) is 15.1. The highest BCUT2D eigenvalue weighted by Gasteiger charge is 2.25. The maximum atomic E-state index is 6.28. The van der Waals surface area contributed by atoms with Gasteiger partial charge in [0.15, 0.2) is 0 Å². The molecule has 0 aliphatic rings. The largest absolute Gasteiger partial charge is 0.456 e. The fourth-order valence-electron chi connectivity index (χ4n) is 8.26. The maximum absolute atomic E-state index is 6.28. The van der Waals surface area contributed by atoms with E-state index in [0.717, 1.165) is 38.9 Å². The molecule has 11 rings (SSSR count). The SMILES string of the molecule is c1ccc(-c2ccc3c(sc4ccccc43)c2N(c2ccc(-c3cccc4oc5ccccc5c34)cc2)c2cc3ccccc3c3ccccc23)cc1. The molecule has 0 atom stereocenters. The second-order valence-electron chi connectivity index (χ2n) is 13.6. The van der Waals surface area contributed by atoms with E-state index < -0.39 is 0 Å². The minimum atomic E-state index is 0.904. The molecule has 0 spiro atoms. The van der Waals surface area contributed by atoms with Crippen LogP contribution in [-0.2, 0) is 0 Å². The summed E-state index contributed by atoms with van der Waals surface area (Å²) in [5.41, 5.74) is 9.94. The smallest absolute Gasteiger partial charge is 0.136 e. The third kappa shape index (κ3) is 4.71. The zero-order chi connectivity index (χ0) is 34.9. The van der Waals surface area contributed by atoms with Crippen molar-refractivity contribution in [3.8, 4) is 22.3 Å². The molecule has 0 radical (unpaired) electrons. The summed E-state index contributed by atoms with van der Waals surface area (Å²) in [5.74, 6) is 0. The lowest BCUT2D eigenvalue weighted by atomic mass is 9.96. The monoisotopic (exact) mass is 693 g/mol. The van der Waals surface area contributed by atoms with Gasteiger partial charge in [-0.15, -0.1) is 11.3 Å². The topological polar surface area (TPSA) is 16.4 Å². The fourth-order valence-corrected chi connectivity index (χ4v) is 9.50. The van der Waals surface area contributed by atoms with Gasteiger partial charge < -0.3 is 9.32 Å². The van der Waals surface area contributed by atoms with Gasteiger partial charge in [0.2, 0.25) is 0 Å². The van der Waals surface area contributed by atoms with Gasteiger partial charge in [-0.3, -0.25) is 0 Å². The van der Waals surface area contributed by atoms with Crippen LogP contribution in [0.15, 0.2) is 192 Å². The maximum Gasteiger partial charge on any atom is 0.136 e. The highest BCUT2D eigenvalue weighted by atomic mass is 32.1. The first-order valence-corrected chi connectivity index (χ1v) is 18.8. The van der Waals surface area contributed by atoms with E-state index in [4.69, 9.17) is 4.42 Å². The summed E-state index contributed by atoms with van der Waals surface area (Å²) in [5, 5.41) is 9.76. The van der Waals surface area contributed by atoms with Gasteiger partial charge in [0.25, 0.3) is 0 Å². The molecule has 2 heterocycles. The van der Waals surface area contributed by atoms with Gasteiger partial charge >= 0.3 is 0 Å². The van der Waals surface area contributed by atoms with E-state index in [1.165, 1.54) is 64.1 Å². The Labute approximate surface area is 310 Å². The molecule has 3 heteroatoms. The van der Waals surface area contributed by atoms with Crippen LogP contribution >= 0.6 is 11.3 Å². The third-order valence-corrected chi connectivity index (χ3v) is 11.8. The zero-order valence-electron chi connectivity index (χ0n) is 28.7. The minimum absolute atomic E-state index is 0.904. The van der Waals surface area contributed by atoms with Crippen molar-refractivity contribution in [2.75, 3.05) is 4.90 Å². The molecule has 0 unspecified atom stereocenters. The van der Waals surface area contributed by atoms with Crippen molar-refractivity contribution in [3.63, 3.8) is 0 Å². The number of hydrogen-bond acceptors (Lipinski definition) is 3. The molecule has 53 heavy (non-hydrogen) atoms. The second-order valence-corrected chi connectivity index (χ2v) is 14.7. The minimum Gasteiger partial charge on any atom is -0.456 e. The molecule has 248 valence electrons. The Morgan fingerprint density at radius 1 is 0.415 bits per heavy atom. The van der Waals surface area contributed by atoms with E-state index in [1.54, 1.807) is 0 Å². The summed E-state index contributed by atoms with van der Waals surface area (Å²) in [4.78, 5) is 2.52. The van der Waals surface area contributed by atoms with Crippen LogP contribution in [0.5, 0.6) is 0 Å². The molecule has 0 saturated heterocycles. The van der Waals surface area contributed by atoms with Gasteiger partial charge in [0.1, 0.15) is 11.2 Å². The molecule has 0 bridgehead atoms. The average Bonchev–Trinajstić information content (AvgIpc) is 3.80. The van der Waals surface area contributed by atoms with E-state index in [2.05, 4.69) is 181 Å². The molecule has 0 saturated carbocycles. The highest BCUT2D eigenvalue weighted by molar-refractivity contribution is 7.26. The van der Waals surface area contributed by atoms with Crippen molar-refractivity contribution in [3.05, 3.63) is 188 Å². The first-order chi connectivity index (χ1) is 26.3. The first-order valence-electron chi connectivity index (χ1n) is 18.0. The zero-order valence-corrected chi connectivity index (χ0v) is 29.5. The molecular weight excluding hydrogens is 663 g/mol. The van der Waals surface area contributed by atoms with Gasteiger partial charge in [-0.05, 0) is 69.2 Å². The number of para-hydroxylation sites is 1. The summed E-state index contributed by atoms with van der Waals surface area (Å²) in [6.45, 7) is 0. The van der Waals surface area contributed by atoms with Gasteiger partial charge in [0.05, 0.1) is 16.1 Å². The summed E-state index contributed by atoms with van der Waals surface area (Å²) in [7, 11) is 0. The van der Waals surface area contributed by atoms with E-state index in [-0.39, 0.29) is 0 Å². The number of rotatable bonds is 5. The molecular formula is C50H31NOS. The Morgan fingerprint density at radius 3 is 1.92 bits per heavy atom. The van der Waals surface area contributed by atoms with Crippen molar-refractivity contribution in [2.45, 2.75) is 0 Å². The number of anilines is 3. The van der Waals surface area contributed by atoms with Crippen LogP contribution in [0.3, 0.4) is 0 Å². The van der Waals surface area contributed by atoms with Crippen molar-refractivity contribution in [1.82, 2.24) is 0 Å². The quantitative estimate of drug-likeness (QED) is 0.167. The Bertz CT molecular complexity index is 3170. The van der Waals surface area contributed by atoms with Crippen LogP contribution in [0.2, 0.25) is 0 Å². The Balaban J connectivity index is 1.22. The summed E-state index contributed by atoms with van der Waals surface area (Å²) < 4.78 is 8.83. The first kappa shape index (κ1) is 30.0. The van der Waals surface area contributed by atoms with Gasteiger partial charge in [-0.2, -0.15) is 0 Å². The van der Waals surface area contributed by atoms with Crippen LogP contribution in [-0.4, -0.2) is 0 Å². The van der Waals surface area contributed by atoms with Crippen LogP contribution in [0.4, 0.5) is 17.1 Å². The Kier molecular flexibility index (Phi) is 6.76. The molecule has 11 aromatic rings. The van der Waals surface area contributed by atoms with Gasteiger partial charge in [-0.25, -0.2) is 0 Å². The summed E-state index contributed by atoms with van der Waals surface area (Å²) in [6.07, 6.45) is 0. The molecule has 0 aliphatic carbocycles. The number of furan rings is 1. The molecule has 0 aliphatic heterocycles. The Morgan fingerprint density at radius 2 is 1.08 bits per heavy atom. The van der Waals surface area contributed by atoms with Crippen molar-refractivity contribution < 1.29 is 4.42 Å². The van der Waals surface area contributed by atoms with Crippen molar-refractivity contribution in [1.29, 1.82) is 0 Å². The van der Waals surface area contributed by atoms with Gasteiger partial charge in [0, 0.05) is 42.9 Å². The second kappa shape index (κ2) is 11.9. The standard InChI is InChI=1S/C50H31NOS/c1-2-13-32(14-3-1)38-29-30-42-41-19-9-11-24-47(41)53-50(42)49(38)51(44-31-34-15-4-5-16-36(34)39-17-6-7-18-40(39)44)35-27-25-33(26-28-35)37-21-12-23-46-48(37)43-20-8-10-22-45(43)52-46/h1-31H. The molecule has 2 aromatic heterocycles. The number of hydrogen-bond donors (Lipinski definition) is 0. The van der Waals surface area contributed by atoms with Crippen LogP contribution in [0, 0.1) is 0 Å². The van der Waals surface area contributed by atoms with E-state index >= 15 is 0 Å². The van der Waals surface area contributed by atoms with Crippen LogP contribution in [0.1, 0.15) is 0 Å². The summed E-state index contributed by atoms with van der Waals surface area (Å²) in [6, 6.07) is 68.1. The number of fused-ring (bicyclic) bond motifs is 9. The third-order valence-electron chi connectivity index (χ3n) is 10.7. The van der Waals surface area contributed by atoms with Gasteiger partial charge in [-0.1, -0.05) is 152 Å². The van der Waals surface area contributed by atoms with Crippen molar-refractivity contribution in [2.24, 2.45) is 0 Å². The molecule has 0 fully saturated rings. The van der Waals surface area contributed by atoms with E-state index in [0.29, 0.717) is 0 Å². The van der Waals surface area contributed by atoms with Crippen molar-refractivity contribution >= 4 is 92.1 Å². The normalized spacial score (nSPS) is 11.8. The lowest BCUT2D eigenvalue weighted by Crippen LogP contribution is -2.12. The van der Waals surface area contributed by atoms with E-state index in [1.807, 2.05) is 23.5 Å². The molecule has 2 nitrogen and oxygen atoms in total. The molecule has 0 N–H and O–H groups in total. The summed E-state index contributed by atoms with van der Waals surface area (Å²) >= 11 is 1.88. The molecule has 0 amide bonds. The predicted molar refractivity (Wildman–Crippen MR) is 227 cm³/mol. The lowest BCUT2D eigenvalue weighted by Gasteiger charge is -2.30. The number of benzene rings is 9. The lowest BCUT2D eigenvalue weighted by molar-refractivity contribution is 0.669. The Hall–Kier alpha value is -6.68. The number of nitrogens with zero attached hydrogens (tertiary/aromatic N) is 1. The van der Waals surface area contributed by atoms with Crippen LogP contribution < -0.4 is 4.90 Å². The van der Waals surface area contributed by atoms with E-state index in [9.17, 15) is 0 Å². The highest BCUT2D eigenvalue weighted by Crippen LogP contribution is 2.51.